The molecule has 2 rings (SSSR count). The number of halogens is 1. The topological polar surface area (TPSA) is 24.9 Å². The molecule has 0 bridgehead atoms. The number of hydrogen-bond donors (Lipinski definition) is 1. The van der Waals surface area contributed by atoms with E-state index in [0.29, 0.717) is 0 Å². The minimum Gasteiger partial charge on any atom is -0.312 e. The molecule has 0 spiro atoms. The molecule has 1 aromatic carbocycles. The van der Waals surface area contributed by atoms with E-state index in [-0.39, 0.29) is 0 Å². The Morgan fingerprint density at radius 3 is 2.75 bits per heavy atom. The molecule has 0 aliphatic carbocycles. The zero-order valence-electron chi connectivity index (χ0n) is 12.3. The molecule has 0 saturated heterocycles. The molecule has 0 radical (unpaired) electrons. The second kappa shape index (κ2) is 7.34. The lowest BCUT2D eigenvalue weighted by atomic mass is 10.1. The molecule has 108 valence electrons. The van der Waals surface area contributed by atoms with Crippen molar-refractivity contribution in [1.82, 2.24) is 10.3 Å². The molecule has 0 amide bonds. The molecule has 20 heavy (non-hydrogen) atoms. The first-order valence-corrected chi connectivity index (χ1v) is 8.72. The van der Waals surface area contributed by atoms with Crippen LogP contribution in [0.15, 0.2) is 22.7 Å². The number of thiazole rings is 1. The van der Waals surface area contributed by atoms with Gasteiger partial charge in [-0.15, -0.1) is 11.3 Å². The van der Waals surface area contributed by atoms with Crippen LogP contribution in [0.1, 0.15) is 36.4 Å². The lowest BCUT2D eigenvalue weighted by molar-refractivity contribution is 0.723. The predicted molar refractivity (Wildman–Crippen MR) is 91.4 cm³/mol. The zero-order valence-corrected chi connectivity index (χ0v) is 14.7. The van der Waals surface area contributed by atoms with Crippen LogP contribution in [0.5, 0.6) is 0 Å². The third kappa shape index (κ3) is 3.68. The second-order valence-electron chi connectivity index (χ2n) is 4.90. The van der Waals surface area contributed by atoms with Crippen LogP contribution in [0, 0.1) is 6.92 Å². The Balaban J connectivity index is 2.36. The van der Waals surface area contributed by atoms with E-state index in [1.165, 1.54) is 21.7 Å². The maximum Gasteiger partial charge on any atom is 0.125 e. The normalized spacial score (nSPS) is 11.0. The summed E-state index contributed by atoms with van der Waals surface area (Å²) in [4.78, 5) is 6.23. The van der Waals surface area contributed by atoms with Crippen molar-refractivity contribution in [2.75, 3.05) is 6.54 Å². The number of benzene rings is 1. The number of hydrogen-bond acceptors (Lipinski definition) is 3. The van der Waals surface area contributed by atoms with Crippen molar-refractivity contribution in [2.45, 2.75) is 40.2 Å². The van der Waals surface area contributed by atoms with E-state index < -0.39 is 0 Å². The van der Waals surface area contributed by atoms with Crippen LogP contribution < -0.4 is 5.32 Å². The smallest absolute Gasteiger partial charge is 0.125 e. The molecule has 2 nitrogen and oxygen atoms in total. The molecule has 0 atom stereocenters. The molecule has 0 fully saturated rings. The summed E-state index contributed by atoms with van der Waals surface area (Å²) in [7, 11) is 0. The molecule has 1 N–H and O–H groups in total. The molecular formula is C16H21BrN2S. The van der Waals surface area contributed by atoms with Gasteiger partial charge < -0.3 is 5.32 Å². The van der Waals surface area contributed by atoms with Gasteiger partial charge in [-0.05, 0) is 31.5 Å². The average Bonchev–Trinajstić information content (AvgIpc) is 2.80. The molecule has 1 aromatic heterocycles. The van der Waals surface area contributed by atoms with Gasteiger partial charge in [-0.1, -0.05) is 48.3 Å². The van der Waals surface area contributed by atoms with Crippen LogP contribution >= 0.6 is 27.3 Å². The van der Waals surface area contributed by atoms with Gasteiger partial charge in [0.2, 0.25) is 0 Å². The first-order chi connectivity index (χ1) is 9.65. The summed E-state index contributed by atoms with van der Waals surface area (Å²) in [6.07, 6.45) is 2.19. The van der Waals surface area contributed by atoms with Crippen LogP contribution in [0.3, 0.4) is 0 Å². The van der Waals surface area contributed by atoms with Crippen LogP contribution in [0.2, 0.25) is 0 Å². The average molecular weight is 353 g/mol. The summed E-state index contributed by atoms with van der Waals surface area (Å²) in [6.45, 7) is 8.37. The molecule has 4 heteroatoms. The number of nitrogens with zero attached hydrogens (tertiary/aromatic N) is 1. The van der Waals surface area contributed by atoms with E-state index in [9.17, 15) is 0 Å². The van der Waals surface area contributed by atoms with E-state index >= 15 is 0 Å². The first-order valence-electron chi connectivity index (χ1n) is 7.11. The molecule has 0 unspecified atom stereocenters. The largest absolute Gasteiger partial charge is 0.312 e. The fourth-order valence-corrected chi connectivity index (χ4v) is 4.03. The number of aromatic nitrogens is 1. The highest BCUT2D eigenvalue weighted by atomic mass is 79.9. The van der Waals surface area contributed by atoms with Gasteiger partial charge in [0.05, 0.1) is 5.69 Å². The maximum atomic E-state index is 4.86. The van der Waals surface area contributed by atoms with Crippen molar-refractivity contribution >= 4 is 27.3 Å². The lowest BCUT2D eigenvalue weighted by Crippen LogP contribution is -2.11. The summed E-state index contributed by atoms with van der Waals surface area (Å²) in [5, 5.41) is 4.53. The number of aryl methyl sites for hydroxylation is 2. The summed E-state index contributed by atoms with van der Waals surface area (Å²) in [5.41, 5.74) is 3.71. The summed E-state index contributed by atoms with van der Waals surface area (Å²) >= 11 is 5.47. The van der Waals surface area contributed by atoms with Crippen LogP contribution in [0.25, 0.3) is 10.6 Å². The Morgan fingerprint density at radius 2 is 2.10 bits per heavy atom. The van der Waals surface area contributed by atoms with E-state index in [1.807, 2.05) is 11.3 Å². The predicted octanol–water partition coefficient (Wildman–Crippen LogP) is 4.94. The lowest BCUT2D eigenvalue weighted by Gasteiger charge is -2.01. The number of nitrogens with one attached hydrogen (secondary N) is 1. The standard InChI is InChI=1S/C16H21BrN2S/c1-4-6-14-15(10-18-5-2)20-16(19-14)12-8-7-11(3)9-13(12)17/h7-9,18H,4-6,10H2,1-3H3. The Kier molecular flexibility index (Phi) is 5.75. The van der Waals surface area contributed by atoms with E-state index in [0.717, 1.165) is 35.4 Å². The Labute approximate surface area is 133 Å². The third-order valence-electron chi connectivity index (χ3n) is 3.16. The fraction of sp³-hybridized carbons (Fsp3) is 0.438. The SMILES string of the molecule is CCCc1nc(-c2ccc(C)cc2Br)sc1CNCC. The maximum absolute atomic E-state index is 4.86. The minimum atomic E-state index is 0.924. The summed E-state index contributed by atoms with van der Waals surface area (Å²) in [6, 6.07) is 6.45. The Hall–Kier alpha value is -0.710. The van der Waals surface area contributed by atoms with Gasteiger partial charge in [0, 0.05) is 21.5 Å². The van der Waals surface area contributed by atoms with Gasteiger partial charge in [-0.2, -0.15) is 0 Å². The van der Waals surface area contributed by atoms with Crippen molar-refractivity contribution in [3.05, 3.63) is 38.8 Å². The highest BCUT2D eigenvalue weighted by Gasteiger charge is 2.13. The summed E-state index contributed by atoms with van der Waals surface area (Å²) in [5.74, 6) is 0. The van der Waals surface area contributed by atoms with E-state index in [2.05, 4.69) is 60.2 Å². The van der Waals surface area contributed by atoms with E-state index in [4.69, 9.17) is 4.98 Å². The van der Waals surface area contributed by atoms with Crippen LogP contribution in [-0.2, 0) is 13.0 Å². The quantitative estimate of drug-likeness (QED) is 0.795. The minimum absolute atomic E-state index is 0.924. The van der Waals surface area contributed by atoms with Crippen molar-refractivity contribution in [3.63, 3.8) is 0 Å². The third-order valence-corrected chi connectivity index (χ3v) is 4.94. The highest BCUT2D eigenvalue weighted by molar-refractivity contribution is 9.10. The van der Waals surface area contributed by atoms with Crippen molar-refractivity contribution in [1.29, 1.82) is 0 Å². The van der Waals surface area contributed by atoms with Crippen molar-refractivity contribution < 1.29 is 0 Å². The van der Waals surface area contributed by atoms with Gasteiger partial charge in [0.25, 0.3) is 0 Å². The molecule has 0 aliphatic rings. The Morgan fingerprint density at radius 1 is 1.30 bits per heavy atom. The molecule has 0 saturated carbocycles. The first kappa shape index (κ1) is 15.7. The molecule has 1 heterocycles. The van der Waals surface area contributed by atoms with Crippen LogP contribution in [-0.4, -0.2) is 11.5 Å². The molecule has 0 aliphatic heterocycles. The van der Waals surface area contributed by atoms with Gasteiger partial charge in [-0.3, -0.25) is 0 Å². The Bertz CT molecular complexity index is 578. The second-order valence-corrected chi connectivity index (χ2v) is 6.84. The molecule has 2 aromatic rings. The zero-order chi connectivity index (χ0) is 14.5. The summed E-state index contributed by atoms with van der Waals surface area (Å²) < 4.78 is 1.13. The van der Waals surface area contributed by atoms with Gasteiger partial charge >= 0.3 is 0 Å². The number of rotatable bonds is 6. The van der Waals surface area contributed by atoms with Gasteiger partial charge in [0.15, 0.2) is 0 Å². The monoisotopic (exact) mass is 352 g/mol. The molecular weight excluding hydrogens is 332 g/mol. The van der Waals surface area contributed by atoms with Crippen molar-refractivity contribution in [3.8, 4) is 10.6 Å². The van der Waals surface area contributed by atoms with Gasteiger partial charge in [-0.25, -0.2) is 4.98 Å². The highest BCUT2D eigenvalue weighted by Crippen LogP contribution is 2.34. The fourth-order valence-electron chi connectivity index (χ4n) is 2.10. The van der Waals surface area contributed by atoms with Crippen LogP contribution in [0.4, 0.5) is 0 Å². The van der Waals surface area contributed by atoms with Gasteiger partial charge in [0.1, 0.15) is 5.01 Å². The van der Waals surface area contributed by atoms with E-state index in [1.54, 1.807) is 0 Å². The van der Waals surface area contributed by atoms with Crippen molar-refractivity contribution in [2.24, 2.45) is 0 Å².